The summed E-state index contributed by atoms with van der Waals surface area (Å²) in [6.07, 6.45) is 10.0. The van der Waals surface area contributed by atoms with Crippen molar-refractivity contribution in [2.75, 3.05) is 30.3 Å². The lowest BCUT2D eigenvalue weighted by Gasteiger charge is -2.58. The van der Waals surface area contributed by atoms with E-state index in [-0.39, 0.29) is 17.3 Å². The normalized spacial score (nSPS) is 17.7. The quantitative estimate of drug-likeness (QED) is 0.228. The lowest BCUT2D eigenvalue weighted by atomic mass is 9.58. The van der Waals surface area contributed by atoms with Gasteiger partial charge >= 0.3 is 12.6 Å². The van der Waals surface area contributed by atoms with E-state index in [9.17, 15) is 22.0 Å². The molecule has 48 heavy (non-hydrogen) atoms. The van der Waals surface area contributed by atoms with Crippen LogP contribution in [-0.4, -0.2) is 83.8 Å². The Morgan fingerprint density at radius 2 is 1.90 bits per heavy atom. The predicted octanol–water partition coefficient (Wildman–Crippen LogP) is 5.14. The van der Waals surface area contributed by atoms with E-state index in [1.165, 1.54) is 24.7 Å². The molecule has 0 aromatic carbocycles. The zero-order chi connectivity index (χ0) is 33.8. The highest BCUT2D eigenvalue weighted by molar-refractivity contribution is 7.90. The summed E-state index contributed by atoms with van der Waals surface area (Å²) in [5.41, 5.74) is 1.57. The molecule has 5 heterocycles. The molecule has 1 amide bonds. The Hall–Kier alpha value is -4.67. The second kappa shape index (κ2) is 11.8. The van der Waals surface area contributed by atoms with Crippen LogP contribution in [0.5, 0.6) is 0 Å². The number of nitrogens with zero attached hydrogens (tertiary/aromatic N) is 8. The molecule has 1 saturated heterocycles. The largest absolute Gasteiger partial charge is 0.444 e. The molecule has 0 bridgehead atoms. The van der Waals surface area contributed by atoms with Gasteiger partial charge in [0.1, 0.15) is 17.2 Å². The summed E-state index contributed by atoms with van der Waals surface area (Å²) < 4.78 is 58.8. The fourth-order valence-corrected chi connectivity index (χ4v) is 7.76. The Morgan fingerprint density at radius 3 is 2.58 bits per heavy atom. The molecule has 3 fully saturated rings. The molecule has 1 aliphatic heterocycles. The molecule has 0 unspecified atom stereocenters. The van der Waals surface area contributed by atoms with Crippen LogP contribution in [-0.2, 0) is 14.8 Å². The Balaban J connectivity index is 1.04. The number of carbonyl (C=O) groups is 1. The van der Waals surface area contributed by atoms with Gasteiger partial charge < -0.3 is 20.3 Å². The van der Waals surface area contributed by atoms with Gasteiger partial charge in [0.2, 0.25) is 0 Å². The first-order chi connectivity index (χ1) is 22.8. The van der Waals surface area contributed by atoms with E-state index < -0.39 is 27.4 Å². The van der Waals surface area contributed by atoms with Crippen LogP contribution in [0.15, 0.2) is 49.2 Å². The third-order valence-corrected chi connectivity index (χ3v) is 10.7. The van der Waals surface area contributed by atoms with E-state index in [2.05, 4.69) is 35.8 Å². The molecule has 3 aliphatic rings. The summed E-state index contributed by atoms with van der Waals surface area (Å²) >= 11 is 0. The van der Waals surface area contributed by atoms with Gasteiger partial charge in [-0.05, 0) is 64.5 Å². The van der Waals surface area contributed by atoms with Gasteiger partial charge in [-0.1, -0.05) is 0 Å². The second-order valence-corrected chi connectivity index (χ2v) is 15.9. The molecule has 17 heteroatoms. The van der Waals surface area contributed by atoms with Gasteiger partial charge in [0.25, 0.3) is 10.0 Å². The van der Waals surface area contributed by atoms with Crippen molar-refractivity contribution in [1.29, 1.82) is 0 Å². The lowest BCUT2D eigenvalue weighted by Crippen LogP contribution is -2.64. The van der Waals surface area contributed by atoms with Crippen LogP contribution < -0.4 is 10.6 Å². The van der Waals surface area contributed by atoms with Crippen molar-refractivity contribution in [2.24, 2.45) is 11.3 Å². The molecule has 0 radical (unpaired) electrons. The molecule has 14 nitrogen and oxygen atoms in total. The molecule has 4 aromatic rings. The van der Waals surface area contributed by atoms with Gasteiger partial charge in [-0.15, -0.1) is 0 Å². The summed E-state index contributed by atoms with van der Waals surface area (Å²) in [6.45, 7) is 4.77. The predicted molar refractivity (Wildman–Crippen MR) is 172 cm³/mol. The first-order valence-electron chi connectivity index (χ1n) is 15.7. The highest BCUT2D eigenvalue weighted by Gasteiger charge is 2.54. The van der Waals surface area contributed by atoms with Gasteiger partial charge in [-0.2, -0.15) is 23.1 Å². The number of likely N-dealkylation sites (tertiary alicyclic amines) is 1. The molecule has 254 valence electrons. The maximum atomic E-state index is 13.3. The minimum absolute atomic E-state index is 0.108. The third kappa shape index (κ3) is 6.55. The average molecular weight is 683 g/mol. The summed E-state index contributed by atoms with van der Waals surface area (Å²) in [6, 6.07) is 4.93. The van der Waals surface area contributed by atoms with Crippen LogP contribution in [0, 0.1) is 11.3 Å². The Bertz CT molecular complexity index is 1940. The minimum atomic E-state index is -3.52. The fourth-order valence-electron chi connectivity index (χ4n) is 6.28. The SMILES string of the molecule is CC(C)(C)OC(=O)N1CC2(CC(CNc3cc(Nc4ccnc(-c5cnn(S(=O)(=O)C6CC6)c5)n4)ncc3-c3ccn(C(F)F)n3)C2)C1. The van der Waals surface area contributed by atoms with Crippen LogP contribution in [0.1, 0.15) is 53.0 Å². The maximum absolute atomic E-state index is 13.3. The third-order valence-electron chi connectivity index (χ3n) is 8.65. The number of carbonyl (C=O) groups excluding carboxylic acids is 1. The summed E-state index contributed by atoms with van der Waals surface area (Å²) in [5, 5.41) is 14.3. The van der Waals surface area contributed by atoms with E-state index in [1.807, 2.05) is 20.8 Å². The van der Waals surface area contributed by atoms with Crippen molar-refractivity contribution in [3.63, 3.8) is 0 Å². The summed E-state index contributed by atoms with van der Waals surface area (Å²) in [4.78, 5) is 27.4. The molecule has 2 aliphatic carbocycles. The molecule has 2 saturated carbocycles. The smallest absolute Gasteiger partial charge is 0.410 e. The van der Waals surface area contributed by atoms with E-state index in [0.29, 0.717) is 77.2 Å². The van der Waals surface area contributed by atoms with Crippen LogP contribution in [0.25, 0.3) is 22.6 Å². The van der Waals surface area contributed by atoms with Gasteiger partial charge in [0.05, 0.1) is 28.9 Å². The number of pyridine rings is 1. The summed E-state index contributed by atoms with van der Waals surface area (Å²) in [5.74, 6) is 1.48. The number of nitrogens with one attached hydrogen (secondary N) is 2. The highest BCUT2D eigenvalue weighted by Crippen LogP contribution is 2.52. The van der Waals surface area contributed by atoms with Crippen LogP contribution >= 0.6 is 0 Å². The number of anilines is 3. The molecule has 0 atom stereocenters. The number of aromatic nitrogens is 7. The number of ether oxygens (including phenoxy) is 1. The van der Waals surface area contributed by atoms with E-state index in [1.54, 1.807) is 29.4 Å². The van der Waals surface area contributed by atoms with Crippen molar-refractivity contribution >= 4 is 33.4 Å². The van der Waals surface area contributed by atoms with E-state index >= 15 is 0 Å². The number of rotatable bonds is 10. The van der Waals surface area contributed by atoms with Crippen LogP contribution in [0.4, 0.5) is 30.9 Å². The molecular weight excluding hydrogens is 646 g/mol. The number of hydrogen-bond donors (Lipinski definition) is 2. The first-order valence-corrected chi connectivity index (χ1v) is 17.2. The first kappa shape index (κ1) is 31.9. The molecular formula is C31H36F2N10O4S. The fraction of sp³-hybridized carbons (Fsp3) is 0.484. The number of halogens is 2. The Labute approximate surface area is 276 Å². The number of hydrogen-bond acceptors (Lipinski definition) is 11. The standard InChI is InChI=1S/C31H36F2N10O4S/c1-30(2,3)47-29(44)41-17-31(18-41)11-19(12-31)13-35-24-10-26(36-15-22(24)23-7-9-42(40-23)28(32)33)38-25-6-8-34-27(39-25)20-14-37-43(16-20)48(45,46)21-4-5-21/h6-10,14-16,19,21,28H,4-5,11-13,17-18H2,1-3H3,(H2,34,35,36,38,39). The number of amides is 1. The Morgan fingerprint density at radius 1 is 1.12 bits per heavy atom. The molecule has 1 spiro atoms. The van der Waals surface area contributed by atoms with Crippen molar-refractivity contribution in [1.82, 2.24) is 38.8 Å². The van der Waals surface area contributed by atoms with Gasteiger partial charge in [-0.3, -0.25) is 0 Å². The van der Waals surface area contributed by atoms with Crippen LogP contribution in [0.3, 0.4) is 0 Å². The number of alkyl halides is 2. The molecule has 4 aromatic heterocycles. The van der Waals surface area contributed by atoms with Crippen molar-refractivity contribution in [3.05, 3.63) is 49.2 Å². The minimum Gasteiger partial charge on any atom is -0.444 e. The molecule has 7 rings (SSSR count). The van der Waals surface area contributed by atoms with E-state index in [4.69, 9.17) is 4.74 Å². The van der Waals surface area contributed by atoms with Gasteiger partial charge in [0, 0.05) is 61.0 Å². The maximum Gasteiger partial charge on any atom is 0.410 e. The van der Waals surface area contributed by atoms with Crippen LogP contribution in [0.2, 0.25) is 0 Å². The molecule has 2 N–H and O–H groups in total. The lowest BCUT2D eigenvalue weighted by molar-refractivity contribution is -0.0920. The highest BCUT2D eigenvalue weighted by atomic mass is 32.2. The zero-order valence-electron chi connectivity index (χ0n) is 26.7. The van der Waals surface area contributed by atoms with Crippen molar-refractivity contribution < 1.29 is 26.7 Å². The van der Waals surface area contributed by atoms with Crippen molar-refractivity contribution in [2.45, 2.75) is 63.9 Å². The van der Waals surface area contributed by atoms with Gasteiger partial charge in [-0.25, -0.2) is 32.8 Å². The van der Waals surface area contributed by atoms with E-state index in [0.717, 1.165) is 16.9 Å². The Kier molecular flexibility index (Phi) is 7.83. The van der Waals surface area contributed by atoms with Crippen molar-refractivity contribution in [3.8, 4) is 22.6 Å². The van der Waals surface area contributed by atoms with Gasteiger partial charge in [0.15, 0.2) is 5.82 Å². The zero-order valence-corrected chi connectivity index (χ0v) is 27.5. The second-order valence-electron chi connectivity index (χ2n) is 13.8. The monoisotopic (exact) mass is 682 g/mol. The topological polar surface area (TPSA) is 162 Å². The average Bonchev–Trinajstić information content (AvgIpc) is 3.52. The summed E-state index contributed by atoms with van der Waals surface area (Å²) in [7, 11) is -3.52.